The normalized spacial score (nSPS) is 14.6. The summed E-state index contributed by atoms with van der Waals surface area (Å²) in [6, 6.07) is 10.2. The molecule has 2 N–H and O–H groups in total. The second-order valence-corrected chi connectivity index (χ2v) is 8.65. The van der Waals surface area contributed by atoms with Crippen LogP contribution < -0.4 is 10.9 Å². The quantitative estimate of drug-likeness (QED) is 0.741. The van der Waals surface area contributed by atoms with E-state index in [1.54, 1.807) is 26.0 Å². The van der Waals surface area contributed by atoms with Gasteiger partial charge in [0.05, 0.1) is 5.56 Å². The van der Waals surface area contributed by atoms with E-state index in [2.05, 4.69) is 10.9 Å². The summed E-state index contributed by atoms with van der Waals surface area (Å²) in [6.07, 6.45) is 0.844. The van der Waals surface area contributed by atoms with Gasteiger partial charge in [0.1, 0.15) is 4.90 Å². The third-order valence-electron chi connectivity index (χ3n) is 4.59. The number of aryl methyl sites for hydroxylation is 1. The smallest absolute Gasteiger partial charge is 0.268 e. The van der Waals surface area contributed by atoms with Crippen LogP contribution in [0.4, 0.5) is 0 Å². The SMILES string of the molecule is CCc1ccc(C(=O)NNC(=O)c2ccc3c(c2)S(=O)(=O)N(C(C)C)C3=O)cc1. The van der Waals surface area contributed by atoms with E-state index in [-0.39, 0.29) is 16.0 Å². The summed E-state index contributed by atoms with van der Waals surface area (Å²) >= 11 is 0. The van der Waals surface area contributed by atoms with Crippen LogP contribution in [0.2, 0.25) is 0 Å². The minimum atomic E-state index is -4.02. The van der Waals surface area contributed by atoms with Crippen molar-refractivity contribution in [1.82, 2.24) is 15.2 Å². The van der Waals surface area contributed by atoms with Gasteiger partial charge in [-0.3, -0.25) is 25.2 Å². The molecule has 0 radical (unpaired) electrons. The minimum absolute atomic E-state index is 0.00682. The molecule has 152 valence electrons. The molecule has 0 saturated heterocycles. The van der Waals surface area contributed by atoms with E-state index >= 15 is 0 Å². The highest BCUT2D eigenvalue weighted by molar-refractivity contribution is 7.90. The fourth-order valence-electron chi connectivity index (χ4n) is 3.05. The number of nitrogens with one attached hydrogen (secondary N) is 2. The lowest BCUT2D eigenvalue weighted by molar-refractivity contribution is 0.0844. The highest BCUT2D eigenvalue weighted by atomic mass is 32.2. The first-order valence-electron chi connectivity index (χ1n) is 9.09. The zero-order chi connectivity index (χ0) is 21.3. The molecule has 0 fully saturated rings. The number of rotatable bonds is 4. The van der Waals surface area contributed by atoms with Gasteiger partial charge in [-0.2, -0.15) is 0 Å². The highest BCUT2D eigenvalue weighted by Crippen LogP contribution is 2.32. The Morgan fingerprint density at radius 3 is 2.07 bits per heavy atom. The molecular formula is C20H21N3O5S. The second-order valence-electron chi connectivity index (χ2n) is 6.87. The summed E-state index contributed by atoms with van der Waals surface area (Å²) in [7, 11) is -4.02. The zero-order valence-electron chi connectivity index (χ0n) is 16.2. The number of nitrogens with zero attached hydrogens (tertiary/aromatic N) is 1. The van der Waals surface area contributed by atoms with Crippen molar-refractivity contribution in [2.75, 3.05) is 0 Å². The molecule has 0 saturated carbocycles. The van der Waals surface area contributed by atoms with E-state index in [4.69, 9.17) is 0 Å². The van der Waals surface area contributed by atoms with Gasteiger partial charge in [0, 0.05) is 17.2 Å². The first-order valence-corrected chi connectivity index (χ1v) is 10.5. The van der Waals surface area contributed by atoms with Gasteiger partial charge in [-0.15, -0.1) is 0 Å². The number of sulfonamides is 1. The summed E-state index contributed by atoms with van der Waals surface area (Å²) in [6.45, 7) is 5.19. The van der Waals surface area contributed by atoms with E-state index in [0.29, 0.717) is 5.56 Å². The average molecular weight is 415 g/mol. The molecule has 2 aromatic rings. The maximum Gasteiger partial charge on any atom is 0.269 e. The average Bonchev–Trinajstić information content (AvgIpc) is 2.91. The molecule has 29 heavy (non-hydrogen) atoms. The van der Waals surface area contributed by atoms with Gasteiger partial charge in [-0.05, 0) is 56.2 Å². The summed E-state index contributed by atoms with van der Waals surface area (Å²) in [4.78, 5) is 36.7. The Balaban J connectivity index is 1.76. The minimum Gasteiger partial charge on any atom is -0.268 e. The monoisotopic (exact) mass is 415 g/mol. The van der Waals surface area contributed by atoms with Gasteiger partial charge in [-0.1, -0.05) is 19.1 Å². The fraction of sp³-hybridized carbons (Fsp3) is 0.250. The van der Waals surface area contributed by atoms with Crippen LogP contribution in [-0.2, 0) is 16.4 Å². The first-order chi connectivity index (χ1) is 13.7. The van der Waals surface area contributed by atoms with Gasteiger partial charge in [0.15, 0.2) is 0 Å². The highest BCUT2D eigenvalue weighted by Gasteiger charge is 2.42. The lowest BCUT2D eigenvalue weighted by Crippen LogP contribution is -2.41. The number of hydrogen-bond acceptors (Lipinski definition) is 5. The number of carbonyl (C=O) groups is 3. The number of carbonyl (C=O) groups excluding carboxylic acids is 3. The topological polar surface area (TPSA) is 113 Å². The van der Waals surface area contributed by atoms with Crippen molar-refractivity contribution < 1.29 is 22.8 Å². The lowest BCUT2D eigenvalue weighted by Gasteiger charge is -2.18. The summed E-state index contributed by atoms with van der Waals surface area (Å²) in [5.41, 5.74) is 6.03. The Labute approximate surface area is 168 Å². The molecule has 3 amide bonds. The van der Waals surface area contributed by atoms with Crippen LogP contribution in [0.1, 0.15) is 57.4 Å². The van der Waals surface area contributed by atoms with Crippen molar-refractivity contribution in [3.05, 3.63) is 64.7 Å². The number of fused-ring (bicyclic) bond motifs is 1. The molecule has 0 spiro atoms. The van der Waals surface area contributed by atoms with Crippen LogP contribution in [0.5, 0.6) is 0 Å². The van der Waals surface area contributed by atoms with Crippen LogP contribution in [0, 0.1) is 0 Å². The van der Waals surface area contributed by atoms with E-state index in [9.17, 15) is 22.8 Å². The molecule has 0 aromatic heterocycles. The molecule has 0 aliphatic carbocycles. The van der Waals surface area contributed by atoms with E-state index < -0.39 is 33.8 Å². The van der Waals surface area contributed by atoms with Gasteiger partial charge < -0.3 is 0 Å². The van der Waals surface area contributed by atoms with Crippen molar-refractivity contribution in [1.29, 1.82) is 0 Å². The van der Waals surface area contributed by atoms with E-state index in [1.807, 2.05) is 19.1 Å². The third kappa shape index (κ3) is 3.73. The van der Waals surface area contributed by atoms with Crippen molar-refractivity contribution in [2.45, 2.75) is 38.1 Å². The summed E-state index contributed by atoms with van der Waals surface area (Å²) in [5.74, 6) is -1.82. The van der Waals surface area contributed by atoms with Crippen molar-refractivity contribution >= 4 is 27.7 Å². The summed E-state index contributed by atoms with van der Waals surface area (Å²) < 4.78 is 26.0. The van der Waals surface area contributed by atoms with Crippen molar-refractivity contribution in [3.8, 4) is 0 Å². The molecule has 1 aliphatic rings. The van der Waals surface area contributed by atoms with Crippen LogP contribution >= 0.6 is 0 Å². The predicted molar refractivity (Wildman–Crippen MR) is 106 cm³/mol. The van der Waals surface area contributed by atoms with E-state index in [0.717, 1.165) is 22.4 Å². The molecule has 2 aromatic carbocycles. The van der Waals surface area contributed by atoms with Crippen molar-refractivity contribution in [2.24, 2.45) is 0 Å². The van der Waals surface area contributed by atoms with Gasteiger partial charge in [-0.25, -0.2) is 12.7 Å². The Morgan fingerprint density at radius 2 is 1.52 bits per heavy atom. The molecule has 1 heterocycles. The number of hydrogen-bond donors (Lipinski definition) is 2. The van der Waals surface area contributed by atoms with Gasteiger partial charge in [0.25, 0.3) is 27.7 Å². The number of benzene rings is 2. The molecule has 9 heteroatoms. The van der Waals surface area contributed by atoms with Gasteiger partial charge >= 0.3 is 0 Å². The van der Waals surface area contributed by atoms with Crippen LogP contribution in [0.25, 0.3) is 0 Å². The molecule has 8 nitrogen and oxygen atoms in total. The van der Waals surface area contributed by atoms with Crippen LogP contribution in [-0.4, -0.2) is 36.5 Å². The molecule has 1 aliphatic heterocycles. The Morgan fingerprint density at radius 1 is 0.966 bits per heavy atom. The Kier molecular flexibility index (Phi) is 5.43. The molecule has 3 rings (SSSR count). The Hall–Kier alpha value is -3.20. The lowest BCUT2D eigenvalue weighted by atomic mass is 10.1. The van der Waals surface area contributed by atoms with Crippen molar-refractivity contribution in [3.63, 3.8) is 0 Å². The molecular weight excluding hydrogens is 394 g/mol. The molecule has 0 unspecified atom stereocenters. The molecule has 0 atom stereocenters. The maximum atomic E-state index is 12.6. The van der Waals surface area contributed by atoms with Crippen LogP contribution in [0.15, 0.2) is 47.4 Å². The Bertz CT molecular complexity index is 1090. The number of amides is 3. The van der Waals surface area contributed by atoms with E-state index in [1.165, 1.54) is 12.1 Å². The maximum absolute atomic E-state index is 12.6. The second kappa shape index (κ2) is 7.67. The third-order valence-corrected chi connectivity index (χ3v) is 6.59. The summed E-state index contributed by atoms with van der Waals surface area (Å²) in [5, 5.41) is 0. The van der Waals surface area contributed by atoms with Crippen LogP contribution in [0.3, 0.4) is 0 Å². The fourth-order valence-corrected chi connectivity index (χ4v) is 4.84. The van der Waals surface area contributed by atoms with Gasteiger partial charge in [0.2, 0.25) is 0 Å². The first kappa shape index (κ1) is 20.5. The predicted octanol–water partition coefficient (Wildman–Crippen LogP) is 1.88. The number of hydrazine groups is 1. The molecule has 0 bridgehead atoms. The zero-order valence-corrected chi connectivity index (χ0v) is 17.0. The standard InChI is InChI=1S/C20H21N3O5S/c1-4-13-5-7-14(8-6-13)18(24)21-22-19(25)15-9-10-16-17(11-15)29(27,28)23(12(2)3)20(16)26/h5-12H,4H2,1-3H3,(H,21,24)(H,22,25). The largest absolute Gasteiger partial charge is 0.269 e.